The fourth-order valence-electron chi connectivity index (χ4n) is 4.75. The average Bonchev–Trinajstić information content (AvgIpc) is 2.64. The molecule has 0 amide bonds. The molecule has 0 spiro atoms. The molecule has 1 heterocycles. The molecule has 4 rings (SSSR count). The number of piperidine rings is 1. The van der Waals surface area contributed by atoms with Crippen LogP contribution >= 0.6 is 11.6 Å². The summed E-state index contributed by atoms with van der Waals surface area (Å²) in [5.41, 5.74) is 2.58. The van der Waals surface area contributed by atoms with E-state index in [-0.39, 0.29) is 12.1 Å². The minimum atomic E-state index is 0.0752. The number of benzene rings is 2. The normalized spacial score (nSPS) is 30.8. The molecule has 2 nitrogen and oxygen atoms in total. The molecule has 1 aliphatic heterocycles. The first-order valence-corrected chi connectivity index (χ1v) is 9.39. The number of nitrogens with zero attached hydrogens (tertiary/aromatic N) is 1. The van der Waals surface area contributed by atoms with Crippen molar-refractivity contribution in [3.8, 4) is 0 Å². The first-order valence-electron chi connectivity index (χ1n) is 9.01. The predicted molar refractivity (Wildman–Crippen MR) is 97.4 cm³/mol. The van der Waals surface area contributed by atoms with Gasteiger partial charge in [-0.05, 0) is 54.4 Å². The Balaban J connectivity index is 1.70. The SMILES string of the molecule is ON1[C@H](c2ccccc2)C[C@H](c2ccc(Cl)cc2)[C@@H]2CCCC[C@@H]21. The second-order valence-corrected chi connectivity index (χ2v) is 7.65. The molecule has 2 fully saturated rings. The van der Waals surface area contributed by atoms with E-state index in [4.69, 9.17) is 11.6 Å². The van der Waals surface area contributed by atoms with Crippen LogP contribution in [0, 0.1) is 5.92 Å². The van der Waals surface area contributed by atoms with Crippen molar-refractivity contribution in [2.45, 2.75) is 50.1 Å². The summed E-state index contributed by atoms with van der Waals surface area (Å²) < 4.78 is 0. The quantitative estimate of drug-likeness (QED) is 0.744. The summed E-state index contributed by atoms with van der Waals surface area (Å²) in [6.07, 6.45) is 5.75. The summed E-state index contributed by atoms with van der Waals surface area (Å²) in [5, 5.41) is 13.4. The molecule has 1 saturated heterocycles. The van der Waals surface area contributed by atoms with Gasteiger partial charge in [0.15, 0.2) is 0 Å². The Morgan fingerprint density at radius 1 is 0.875 bits per heavy atom. The van der Waals surface area contributed by atoms with Gasteiger partial charge in [0.25, 0.3) is 0 Å². The topological polar surface area (TPSA) is 23.5 Å². The first kappa shape index (κ1) is 16.1. The van der Waals surface area contributed by atoms with E-state index in [9.17, 15) is 5.21 Å². The van der Waals surface area contributed by atoms with Gasteiger partial charge in [0, 0.05) is 11.1 Å². The van der Waals surface area contributed by atoms with E-state index in [0.717, 1.165) is 17.9 Å². The van der Waals surface area contributed by atoms with Crippen molar-refractivity contribution >= 4 is 11.6 Å². The van der Waals surface area contributed by atoms with E-state index < -0.39 is 0 Å². The Hall–Kier alpha value is -1.35. The van der Waals surface area contributed by atoms with Crippen LogP contribution < -0.4 is 0 Å². The first-order chi connectivity index (χ1) is 11.7. The lowest BCUT2D eigenvalue weighted by molar-refractivity contribution is -0.207. The molecule has 1 saturated carbocycles. The van der Waals surface area contributed by atoms with Crippen LogP contribution in [-0.4, -0.2) is 16.3 Å². The van der Waals surface area contributed by atoms with Gasteiger partial charge >= 0.3 is 0 Å². The van der Waals surface area contributed by atoms with E-state index in [1.807, 2.05) is 18.2 Å². The van der Waals surface area contributed by atoms with Crippen LogP contribution in [0.15, 0.2) is 54.6 Å². The smallest absolute Gasteiger partial charge is 0.0608 e. The summed E-state index contributed by atoms with van der Waals surface area (Å²) in [6, 6.07) is 19.1. The van der Waals surface area contributed by atoms with Gasteiger partial charge in [-0.3, -0.25) is 0 Å². The van der Waals surface area contributed by atoms with Gasteiger partial charge < -0.3 is 5.21 Å². The molecule has 0 aromatic heterocycles. The zero-order chi connectivity index (χ0) is 16.5. The van der Waals surface area contributed by atoms with Gasteiger partial charge in [-0.1, -0.05) is 66.9 Å². The van der Waals surface area contributed by atoms with Crippen LogP contribution in [0.3, 0.4) is 0 Å². The lowest BCUT2D eigenvalue weighted by Gasteiger charge is -2.49. The minimum absolute atomic E-state index is 0.0752. The second kappa shape index (κ2) is 6.87. The van der Waals surface area contributed by atoms with Crippen molar-refractivity contribution in [1.82, 2.24) is 5.06 Å². The zero-order valence-corrected chi connectivity index (χ0v) is 14.6. The second-order valence-electron chi connectivity index (χ2n) is 7.22. The molecule has 2 aliphatic rings. The molecular formula is C21H24ClNO. The molecule has 126 valence electrons. The van der Waals surface area contributed by atoms with Crippen molar-refractivity contribution in [2.75, 3.05) is 0 Å². The number of hydrogen-bond donors (Lipinski definition) is 1. The molecule has 1 N–H and O–H groups in total. The van der Waals surface area contributed by atoms with Gasteiger partial charge in [0.1, 0.15) is 0 Å². The van der Waals surface area contributed by atoms with E-state index >= 15 is 0 Å². The summed E-state index contributed by atoms with van der Waals surface area (Å²) in [6.45, 7) is 0. The van der Waals surface area contributed by atoms with Crippen molar-refractivity contribution in [1.29, 1.82) is 0 Å². The summed E-state index contributed by atoms with van der Waals surface area (Å²) in [4.78, 5) is 0. The maximum atomic E-state index is 10.9. The average molecular weight is 342 g/mol. The third-order valence-electron chi connectivity index (χ3n) is 5.92. The van der Waals surface area contributed by atoms with Crippen LogP contribution in [0.1, 0.15) is 55.2 Å². The number of rotatable bonds is 2. The number of halogens is 1. The molecule has 0 radical (unpaired) electrons. The van der Waals surface area contributed by atoms with Crippen LogP contribution in [0.2, 0.25) is 5.02 Å². The summed E-state index contributed by atoms with van der Waals surface area (Å²) in [5.74, 6) is 1.02. The molecule has 0 bridgehead atoms. The van der Waals surface area contributed by atoms with Crippen molar-refractivity contribution in [2.24, 2.45) is 5.92 Å². The van der Waals surface area contributed by atoms with Crippen molar-refractivity contribution in [3.63, 3.8) is 0 Å². The Labute approximate surface area is 149 Å². The standard InChI is InChI=1S/C21H24ClNO/c22-17-12-10-15(11-13-17)19-14-21(16-6-2-1-3-7-16)23(24)20-9-5-4-8-18(19)20/h1-3,6-7,10-13,18-21,24H,4-5,8-9,14H2/t18-,19+,20-,21-/m0/s1. The van der Waals surface area contributed by atoms with Crippen molar-refractivity contribution < 1.29 is 5.21 Å². The van der Waals surface area contributed by atoms with E-state index in [2.05, 4.69) is 36.4 Å². The van der Waals surface area contributed by atoms with Gasteiger partial charge in [0.2, 0.25) is 0 Å². The third kappa shape index (κ3) is 2.99. The Bertz CT molecular complexity index is 672. The minimum Gasteiger partial charge on any atom is -0.313 e. The lowest BCUT2D eigenvalue weighted by Crippen LogP contribution is -2.49. The van der Waals surface area contributed by atoms with Gasteiger partial charge in [-0.15, -0.1) is 0 Å². The molecule has 2 aromatic rings. The number of fused-ring (bicyclic) bond motifs is 1. The Morgan fingerprint density at radius 3 is 2.33 bits per heavy atom. The summed E-state index contributed by atoms with van der Waals surface area (Å²) in [7, 11) is 0. The number of hydroxylamine groups is 2. The molecule has 2 aromatic carbocycles. The molecule has 4 atom stereocenters. The highest BCUT2D eigenvalue weighted by molar-refractivity contribution is 6.30. The third-order valence-corrected chi connectivity index (χ3v) is 6.17. The maximum Gasteiger partial charge on any atom is 0.0608 e. The highest BCUT2D eigenvalue weighted by atomic mass is 35.5. The fourth-order valence-corrected chi connectivity index (χ4v) is 4.88. The van der Waals surface area contributed by atoms with E-state index in [1.54, 1.807) is 5.06 Å². The molecule has 0 unspecified atom stereocenters. The molecule has 3 heteroatoms. The highest BCUT2D eigenvalue weighted by Gasteiger charge is 2.44. The van der Waals surface area contributed by atoms with E-state index in [0.29, 0.717) is 11.8 Å². The lowest BCUT2D eigenvalue weighted by atomic mass is 9.67. The summed E-state index contributed by atoms with van der Waals surface area (Å²) >= 11 is 6.09. The molecule has 24 heavy (non-hydrogen) atoms. The monoisotopic (exact) mass is 341 g/mol. The van der Waals surface area contributed by atoms with Crippen LogP contribution in [-0.2, 0) is 0 Å². The largest absolute Gasteiger partial charge is 0.313 e. The molecular weight excluding hydrogens is 318 g/mol. The fraction of sp³-hybridized carbons (Fsp3) is 0.429. The Kier molecular flexibility index (Phi) is 4.62. The van der Waals surface area contributed by atoms with Crippen LogP contribution in [0.5, 0.6) is 0 Å². The number of hydrogen-bond acceptors (Lipinski definition) is 2. The predicted octanol–water partition coefficient (Wildman–Crippen LogP) is 5.82. The van der Waals surface area contributed by atoms with Gasteiger partial charge in [-0.2, -0.15) is 5.06 Å². The highest BCUT2D eigenvalue weighted by Crippen LogP contribution is 2.49. The van der Waals surface area contributed by atoms with Gasteiger partial charge in [0.05, 0.1) is 6.04 Å². The van der Waals surface area contributed by atoms with Crippen LogP contribution in [0.25, 0.3) is 0 Å². The zero-order valence-electron chi connectivity index (χ0n) is 13.8. The van der Waals surface area contributed by atoms with Crippen molar-refractivity contribution in [3.05, 3.63) is 70.7 Å². The van der Waals surface area contributed by atoms with E-state index in [1.165, 1.54) is 30.4 Å². The van der Waals surface area contributed by atoms with Gasteiger partial charge in [-0.25, -0.2) is 0 Å². The van der Waals surface area contributed by atoms with Crippen LogP contribution in [0.4, 0.5) is 0 Å². The maximum absolute atomic E-state index is 10.9. The molecule has 1 aliphatic carbocycles. The Morgan fingerprint density at radius 2 is 1.58 bits per heavy atom.